The number of hydrogen-bond donors (Lipinski definition) is 2. The van der Waals surface area contributed by atoms with Crippen molar-refractivity contribution in [1.29, 1.82) is 0 Å². The van der Waals surface area contributed by atoms with E-state index in [1.165, 1.54) is 18.4 Å². The molecule has 1 aromatic carbocycles. The molecule has 1 aliphatic rings. The third-order valence-corrected chi connectivity index (χ3v) is 3.81. The van der Waals surface area contributed by atoms with Gasteiger partial charge in [-0.1, -0.05) is 30.3 Å². The normalized spacial score (nSPS) is 14.2. The van der Waals surface area contributed by atoms with Gasteiger partial charge in [0.05, 0.1) is 11.6 Å². The van der Waals surface area contributed by atoms with Crippen LogP contribution in [0.3, 0.4) is 0 Å². The van der Waals surface area contributed by atoms with Crippen LogP contribution in [-0.2, 0) is 13.6 Å². The number of rotatable bonds is 5. The van der Waals surface area contributed by atoms with Gasteiger partial charge in [0.1, 0.15) is 5.82 Å². The van der Waals surface area contributed by atoms with E-state index in [9.17, 15) is 0 Å². The van der Waals surface area contributed by atoms with Crippen LogP contribution >= 0.6 is 0 Å². The lowest BCUT2D eigenvalue weighted by atomic mass is 10.2. The van der Waals surface area contributed by atoms with Crippen molar-refractivity contribution in [2.24, 2.45) is 7.05 Å². The van der Waals surface area contributed by atoms with Crippen LogP contribution in [-0.4, -0.2) is 25.8 Å². The summed E-state index contributed by atoms with van der Waals surface area (Å²) in [6.45, 7) is 0.727. The Hall–Kier alpha value is -2.63. The summed E-state index contributed by atoms with van der Waals surface area (Å²) in [6.07, 6.45) is 4.20. The molecule has 0 amide bonds. The third-order valence-electron chi connectivity index (χ3n) is 3.81. The Labute approximate surface area is 128 Å². The number of hydrogen-bond acceptors (Lipinski definition) is 5. The molecule has 0 bridgehead atoms. The number of benzene rings is 1. The molecule has 0 unspecified atom stereocenters. The maximum Gasteiger partial charge on any atom is 0.226 e. The molecule has 1 fully saturated rings. The zero-order valence-corrected chi connectivity index (χ0v) is 12.5. The van der Waals surface area contributed by atoms with Crippen molar-refractivity contribution < 1.29 is 0 Å². The minimum atomic E-state index is 0.521. The second-order valence-corrected chi connectivity index (χ2v) is 5.66. The van der Waals surface area contributed by atoms with E-state index in [2.05, 4.69) is 37.8 Å². The van der Waals surface area contributed by atoms with E-state index in [1.54, 1.807) is 4.68 Å². The fourth-order valence-corrected chi connectivity index (χ4v) is 2.41. The van der Waals surface area contributed by atoms with Crippen LogP contribution in [0.15, 0.2) is 36.5 Å². The van der Waals surface area contributed by atoms with Gasteiger partial charge in [0, 0.05) is 19.6 Å². The van der Waals surface area contributed by atoms with Gasteiger partial charge >= 0.3 is 0 Å². The molecule has 1 aliphatic carbocycles. The summed E-state index contributed by atoms with van der Waals surface area (Å²) < 4.78 is 1.78. The molecule has 22 heavy (non-hydrogen) atoms. The summed E-state index contributed by atoms with van der Waals surface area (Å²) in [5.74, 6) is 1.50. The number of aromatic nitrogens is 4. The Bertz CT molecular complexity index is 791. The molecule has 6 nitrogen and oxygen atoms in total. The zero-order valence-electron chi connectivity index (χ0n) is 12.5. The van der Waals surface area contributed by atoms with Crippen LogP contribution in [0.5, 0.6) is 0 Å². The van der Waals surface area contributed by atoms with Crippen LogP contribution in [0.2, 0.25) is 0 Å². The molecule has 112 valence electrons. The molecule has 6 heteroatoms. The SMILES string of the molecule is Cn1ncc2c(NCc3ccccc3)nc(NC3CC3)nc21. The Kier molecular flexibility index (Phi) is 3.14. The first kappa shape index (κ1) is 13.1. The number of nitrogens with one attached hydrogen (secondary N) is 2. The highest BCUT2D eigenvalue weighted by Gasteiger charge is 2.23. The van der Waals surface area contributed by atoms with Crippen molar-refractivity contribution in [1.82, 2.24) is 19.7 Å². The molecule has 2 heterocycles. The molecule has 0 atom stereocenters. The smallest absolute Gasteiger partial charge is 0.226 e. The van der Waals surface area contributed by atoms with Gasteiger partial charge in [0.15, 0.2) is 5.65 Å². The fourth-order valence-electron chi connectivity index (χ4n) is 2.41. The van der Waals surface area contributed by atoms with E-state index in [1.807, 2.05) is 31.4 Å². The first-order chi connectivity index (χ1) is 10.8. The molecule has 2 N–H and O–H groups in total. The topological polar surface area (TPSA) is 67.7 Å². The largest absolute Gasteiger partial charge is 0.365 e. The molecular weight excluding hydrogens is 276 g/mol. The maximum absolute atomic E-state index is 4.62. The van der Waals surface area contributed by atoms with E-state index >= 15 is 0 Å². The van der Waals surface area contributed by atoms with Crippen molar-refractivity contribution in [2.45, 2.75) is 25.4 Å². The maximum atomic E-state index is 4.62. The summed E-state index contributed by atoms with van der Waals surface area (Å²) in [5, 5.41) is 12.0. The minimum absolute atomic E-state index is 0.521. The predicted molar refractivity (Wildman–Crippen MR) is 86.7 cm³/mol. The predicted octanol–water partition coefficient (Wildman–Crippen LogP) is 2.55. The van der Waals surface area contributed by atoms with Crippen LogP contribution in [0.1, 0.15) is 18.4 Å². The van der Waals surface area contributed by atoms with Crippen molar-refractivity contribution in [3.63, 3.8) is 0 Å². The summed E-state index contributed by atoms with van der Waals surface area (Å²) in [4.78, 5) is 9.19. The fraction of sp³-hybridized carbons (Fsp3) is 0.312. The average molecular weight is 294 g/mol. The number of anilines is 2. The van der Waals surface area contributed by atoms with Gasteiger partial charge in [-0.3, -0.25) is 4.68 Å². The van der Waals surface area contributed by atoms with Gasteiger partial charge in [0.25, 0.3) is 0 Å². The molecule has 1 saturated carbocycles. The summed E-state index contributed by atoms with van der Waals surface area (Å²) in [6, 6.07) is 10.8. The molecule has 3 aromatic rings. The lowest BCUT2D eigenvalue weighted by Gasteiger charge is -2.10. The third kappa shape index (κ3) is 2.59. The lowest BCUT2D eigenvalue weighted by Crippen LogP contribution is -2.09. The summed E-state index contributed by atoms with van der Waals surface area (Å²) in [7, 11) is 1.90. The second-order valence-electron chi connectivity index (χ2n) is 5.66. The van der Waals surface area contributed by atoms with Crippen molar-refractivity contribution >= 4 is 22.8 Å². The van der Waals surface area contributed by atoms with Gasteiger partial charge < -0.3 is 10.6 Å². The Morgan fingerprint density at radius 3 is 2.77 bits per heavy atom. The standard InChI is InChI=1S/C16H18N6/c1-22-15-13(10-18-22)14(17-9-11-5-3-2-4-6-11)20-16(21-15)19-12-7-8-12/h2-6,10,12H,7-9H2,1H3,(H2,17,19,20,21). The van der Waals surface area contributed by atoms with E-state index in [4.69, 9.17) is 0 Å². The Morgan fingerprint density at radius 2 is 2.00 bits per heavy atom. The number of fused-ring (bicyclic) bond motifs is 1. The number of nitrogens with zero attached hydrogens (tertiary/aromatic N) is 4. The van der Waals surface area contributed by atoms with Crippen LogP contribution in [0.4, 0.5) is 11.8 Å². The molecule has 0 radical (unpaired) electrons. The molecule has 0 saturated heterocycles. The first-order valence-electron chi connectivity index (χ1n) is 7.54. The summed E-state index contributed by atoms with van der Waals surface area (Å²) in [5.41, 5.74) is 2.06. The van der Waals surface area contributed by atoms with E-state index < -0.39 is 0 Å². The highest BCUT2D eigenvalue weighted by Crippen LogP contribution is 2.26. The minimum Gasteiger partial charge on any atom is -0.365 e. The second kappa shape index (κ2) is 5.29. The zero-order chi connectivity index (χ0) is 14.9. The van der Waals surface area contributed by atoms with E-state index in [0.717, 1.165) is 23.4 Å². The van der Waals surface area contributed by atoms with Crippen LogP contribution in [0.25, 0.3) is 11.0 Å². The number of aryl methyl sites for hydroxylation is 1. The molecule has 0 aliphatic heterocycles. The van der Waals surface area contributed by atoms with Crippen LogP contribution in [0, 0.1) is 0 Å². The van der Waals surface area contributed by atoms with Gasteiger partial charge in [-0.2, -0.15) is 15.1 Å². The monoisotopic (exact) mass is 294 g/mol. The van der Waals surface area contributed by atoms with Crippen molar-refractivity contribution in [2.75, 3.05) is 10.6 Å². The molecule has 2 aromatic heterocycles. The quantitative estimate of drug-likeness (QED) is 0.757. The lowest BCUT2D eigenvalue weighted by molar-refractivity contribution is 0.785. The van der Waals surface area contributed by atoms with Crippen molar-refractivity contribution in [3.05, 3.63) is 42.1 Å². The van der Waals surface area contributed by atoms with Gasteiger partial charge in [-0.15, -0.1) is 0 Å². The molecule has 4 rings (SSSR count). The van der Waals surface area contributed by atoms with Crippen molar-refractivity contribution in [3.8, 4) is 0 Å². The van der Waals surface area contributed by atoms with Gasteiger partial charge in [-0.05, 0) is 18.4 Å². The van der Waals surface area contributed by atoms with Gasteiger partial charge in [-0.25, -0.2) is 0 Å². The first-order valence-corrected chi connectivity index (χ1v) is 7.54. The average Bonchev–Trinajstić information content (AvgIpc) is 3.28. The van der Waals surface area contributed by atoms with Gasteiger partial charge in [0.2, 0.25) is 5.95 Å². The Morgan fingerprint density at radius 1 is 1.18 bits per heavy atom. The molecular formula is C16H18N6. The highest BCUT2D eigenvalue weighted by molar-refractivity contribution is 5.87. The molecule has 0 spiro atoms. The van der Waals surface area contributed by atoms with E-state index in [0.29, 0.717) is 12.0 Å². The summed E-state index contributed by atoms with van der Waals surface area (Å²) >= 11 is 0. The van der Waals surface area contributed by atoms with Crippen LogP contribution < -0.4 is 10.6 Å². The highest BCUT2D eigenvalue weighted by atomic mass is 15.3. The Balaban J connectivity index is 1.65. The van der Waals surface area contributed by atoms with E-state index in [-0.39, 0.29) is 0 Å².